The van der Waals surface area contributed by atoms with E-state index in [-0.39, 0.29) is 17.8 Å². The lowest BCUT2D eigenvalue weighted by molar-refractivity contribution is 0.0522. The smallest absolute Gasteiger partial charge is 0.238 e. The number of aliphatic hydroxyl groups is 1. The quantitative estimate of drug-likeness (QED) is 0.569. The van der Waals surface area contributed by atoms with E-state index in [0.29, 0.717) is 18.3 Å². The van der Waals surface area contributed by atoms with Gasteiger partial charge in [-0.15, -0.1) is 0 Å². The van der Waals surface area contributed by atoms with Crippen LogP contribution in [-0.2, 0) is 0 Å². The van der Waals surface area contributed by atoms with Gasteiger partial charge in [-0.1, -0.05) is 43.7 Å². The first-order chi connectivity index (χ1) is 12.3. The summed E-state index contributed by atoms with van der Waals surface area (Å²) in [5.74, 6) is 1.06. The van der Waals surface area contributed by atoms with Crippen molar-refractivity contribution < 1.29 is 13.9 Å². The average molecular weight is 365 g/mol. The first-order valence-corrected chi connectivity index (χ1v) is 10.3. The van der Waals surface area contributed by atoms with Crippen molar-refractivity contribution in [1.82, 2.24) is 0 Å². The van der Waals surface area contributed by atoms with E-state index in [4.69, 9.17) is 0 Å². The fourth-order valence-electron chi connectivity index (χ4n) is 6.02. The Kier molecular flexibility index (Phi) is 6.06. The molecular formula is C23H34F2O. The predicted molar refractivity (Wildman–Crippen MR) is 103 cm³/mol. The van der Waals surface area contributed by atoms with E-state index in [9.17, 15) is 13.9 Å². The van der Waals surface area contributed by atoms with E-state index in [1.165, 1.54) is 24.0 Å². The summed E-state index contributed by atoms with van der Waals surface area (Å²) in [6.45, 7) is 8.31. The van der Waals surface area contributed by atoms with Crippen molar-refractivity contribution in [3.63, 3.8) is 0 Å². The highest BCUT2D eigenvalue weighted by Gasteiger charge is 2.50. The fourth-order valence-corrected chi connectivity index (χ4v) is 6.02. The monoisotopic (exact) mass is 364 g/mol. The standard InChI is InChI=1S/C23H34F2O/c1-15-6-7-17(14-21(15)26)8-9-18-5-4-12-23(3)19(10-11-20(18)23)16(2)13-22(24)25/h8-9,16,19-22,26H,1,4-7,10-14H2,2-3H3/b17-8-,18-9+/t16-,19?,20?,21-,23-/m1/s1. The maximum atomic E-state index is 12.9. The molecule has 26 heavy (non-hydrogen) atoms. The molecule has 0 aromatic rings. The minimum atomic E-state index is -2.19. The van der Waals surface area contributed by atoms with E-state index in [0.717, 1.165) is 37.7 Å². The topological polar surface area (TPSA) is 20.2 Å². The van der Waals surface area contributed by atoms with Gasteiger partial charge in [0.2, 0.25) is 6.43 Å². The van der Waals surface area contributed by atoms with E-state index in [1.807, 2.05) is 6.92 Å². The Bertz CT molecular complexity index is 591. The third-order valence-corrected chi connectivity index (χ3v) is 7.50. The molecule has 0 aromatic heterocycles. The Hall–Kier alpha value is -0.960. The lowest BCUT2D eigenvalue weighted by Gasteiger charge is -2.44. The number of allylic oxidation sites excluding steroid dienone is 3. The van der Waals surface area contributed by atoms with Crippen molar-refractivity contribution in [2.75, 3.05) is 0 Å². The van der Waals surface area contributed by atoms with Crippen molar-refractivity contribution in [3.05, 3.63) is 35.5 Å². The Balaban J connectivity index is 1.74. The predicted octanol–water partition coefficient (Wildman–Crippen LogP) is 6.45. The van der Waals surface area contributed by atoms with Crippen LogP contribution in [0.25, 0.3) is 0 Å². The normalized spacial score (nSPS) is 39.6. The lowest BCUT2D eigenvalue weighted by Crippen LogP contribution is -2.36. The van der Waals surface area contributed by atoms with Gasteiger partial charge >= 0.3 is 0 Å². The number of hydrogen-bond donors (Lipinski definition) is 1. The summed E-state index contributed by atoms with van der Waals surface area (Å²) in [7, 11) is 0. The van der Waals surface area contributed by atoms with Gasteiger partial charge < -0.3 is 5.11 Å². The summed E-state index contributed by atoms with van der Waals surface area (Å²) < 4.78 is 25.8. The summed E-state index contributed by atoms with van der Waals surface area (Å²) in [6.07, 6.45) is 10.3. The molecule has 0 bridgehead atoms. The van der Waals surface area contributed by atoms with Crippen molar-refractivity contribution in [1.29, 1.82) is 0 Å². The summed E-state index contributed by atoms with van der Waals surface area (Å²) in [5, 5.41) is 10.0. The second kappa shape index (κ2) is 7.96. The largest absolute Gasteiger partial charge is 0.388 e. The van der Waals surface area contributed by atoms with Crippen molar-refractivity contribution >= 4 is 0 Å². The van der Waals surface area contributed by atoms with Gasteiger partial charge in [0.25, 0.3) is 0 Å². The molecule has 0 aliphatic heterocycles. The Morgan fingerprint density at radius 2 is 2.00 bits per heavy atom. The second-order valence-electron chi connectivity index (χ2n) is 9.14. The molecule has 0 radical (unpaired) electrons. The summed E-state index contributed by atoms with van der Waals surface area (Å²) in [4.78, 5) is 0. The third kappa shape index (κ3) is 3.98. The zero-order valence-corrected chi connectivity index (χ0v) is 16.3. The van der Waals surface area contributed by atoms with Gasteiger partial charge in [0, 0.05) is 6.42 Å². The average Bonchev–Trinajstić information content (AvgIpc) is 2.93. The molecule has 146 valence electrons. The van der Waals surface area contributed by atoms with Crippen molar-refractivity contribution in [2.24, 2.45) is 23.2 Å². The number of halogens is 2. The van der Waals surface area contributed by atoms with Crippen LogP contribution in [0.5, 0.6) is 0 Å². The lowest BCUT2D eigenvalue weighted by atomic mass is 9.61. The molecule has 3 aliphatic carbocycles. The molecule has 3 rings (SSSR count). The van der Waals surface area contributed by atoms with Crippen LogP contribution in [0.4, 0.5) is 8.78 Å². The van der Waals surface area contributed by atoms with Crippen LogP contribution in [-0.4, -0.2) is 17.6 Å². The van der Waals surface area contributed by atoms with Crippen LogP contribution in [0.3, 0.4) is 0 Å². The molecule has 0 aromatic carbocycles. The summed E-state index contributed by atoms with van der Waals surface area (Å²) in [6, 6.07) is 0. The summed E-state index contributed by atoms with van der Waals surface area (Å²) >= 11 is 0. The zero-order valence-electron chi connectivity index (χ0n) is 16.3. The molecule has 0 heterocycles. The van der Waals surface area contributed by atoms with Gasteiger partial charge in [-0.3, -0.25) is 0 Å². The number of rotatable bonds is 4. The van der Waals surface area contributed by atoms with Gasteiger partial charge in [-0.2, -0.15) is 0 Å². The molecule has 1 nitrogen and oxygen atoms in total. The van der Waals surface area contributed by atoms with Crippen LogP contribution >= 0.6 is 0 Å². The van der Waals surface area contributed by atoms with E-state index in [1.54, 1.807) is 0 Å². The van der Waals surface area contributed by atoms with Crippen LogP contribution in [0, 0.1) is 23.2 Å². The molecule has 1 N–H and O–H groups in total. The third-order valence-electron chi connectivity index (χ3n) is 7.50. The van der Waals surface area contributed by atoms with Gasteiger partial charge in [-0.05, 0) is 80.1 Å². The minimum absolute atomic E-state index is 0.0395. The molecule has 3 fully saturated rings. The maximum Gasteiger partial charge on any atom is 0.238 e. The molecule has 3 heteroatoms. The molecule has 3 saturated carbocycles. The number of alkyl halides is 2. The molecule has 2 unspecified atom stereocenters. The maximum absolute atomic E-state index is 12.9. The molecule has 5 atom stereocenters. The molecular weight excluding hydrogens is 330 g/mol. The number of fused-ring (bicyclic) bond motifs is 1. The highest BCUT2D eigenvalue weighted by atomic mass is 19.3. The number of aliphatic hydroxyl groups excluding tert-OH is 1. The Morgan fingerprint density at radius 3 is 2.69 bits per heavy atom. The Labute approximate surface area is 157 Å². The minimum Gasteiger partial charge on any atom is -0.388 e. The SMILES string of the molecule is C=C1CC/C(=C/C=C2\CCC[C@@]3(C)C2CCC3[C@H](C)CC(F)F)C[C@H]1O. The molecule has 3 aliphatic rings. The first kappa shape index (κ1) is 19.8. The zero-order chi connectivity index (χ0) is 18.9. The molecule has 0 saturated heterocycles. The van der Waals surface area contributed by atoms with E-state index >= 15 is 0 Å². The van der Waals surface area contributed by atoms with Gasteiger partial charge in [0.15, 0.2) is 0 Å². The van der Waals surface area contributed by atoms with Gasteiger partial charge in [-0.25, -0.2) is 8.78 Å². The van der Waals surface area contributed by atoms with E-state index < -0.39 is 12.5 Å². The molecule has 0 spiro atoms. The van der Waals surface area contributed by atoms with E-state index in [2.05, 4.69) is 25.7 Å². The fraction of sp³-hybridized carbons (Fsp3) is 0.739. The van der Waals surface area contributed by atoms with Crippen LogP contribution in [0.15, 0.2) is 35.5 Å². The summed E-state index contributed by atoms with van der Waals surface area (Å²) in [5.41, 5.74) is 3.95. The van der Waals surface area contributed by atoms with Crippen molar-refractivity contribution in [3.8, 4) is 0 Å². The Morgan fingerprint density at radius 1 is 1.23 bits per heavy atom. The second-order valence-corrected chi connectivity index (χ2v) is 9.14. The highest BCUT2D eigenvalue weighted by Crippen LogP contribution is 2.59. The van der Waals surface area contributed by atoms with Crippen LogP contribution in [0.1, 0.15) is 71.6 Å². The first-order valence-electron chi connectivity index (χ1n) is 10.3. The van der Waals surface area contributed by atoms with Crippen LogP contribution in [0.2, 0.25) is 0 Å². The van der Waals surface area contributed by atoms with Crippen molar-refractivity contribution in [2.45, 2.75) is 84.2 Å². The molecule has 0 amide bonds. The van der Waals surface area contributed by atoms with Crippen LogP contribution < -0.4 is 0 Å². The van der Waals surface area contributed by atoms with Gasteiger partial charge in [0.1, 0.15) is 0 Å². The van der Waals surface area contributed by atoms with Gasteiger partial charge in [0.05, 0.1) is 6.10 Å². The highest BCUT2D eigenvalue weighted by molar-refractivity contribution is 5.28. The number of hydrogen-bond acceptors (Lipinski definition) is 1.